The second kappa shape index (κ2) is 6.23. The second-order valence-corrected chi connectivity index (χ2v) is 4.83. The standard InChI is InChI=1S/C10H18N6O3/c1-10(2,3)19-9(18)12-5-8-13-15-16(14-8)6-7(17)4-11/h4-6,11H2,1-3H3,(H,12,18). The zero-order chi connectivity index (χ0) is 14.5. The summed E-state index contributed by atoms with van der Waals surface area (Å²) in [5.74, 6) is 0.0831. The molecule has 0 aliphatic rings. The zero-order valence-corrected chi connectivity index (χ0v) is 11.2. The third kappa shape index (κ3) is 5.91. The summed E-state index contributed by atoms with van der Waals surface area (Å²) in [4.78, 5) is 23.6. The van der Waals surface area contributed by atoms with Gasteiger partial charge in [0.2, 0.25) is 0 Å². The minimum atomic E-state index is -0.568. The average molecular weight is 270 g/mol. The number of ether oxygens (including phenoxy) is 1. The van der Waals surface area contributed by atoms with Crippen molar-refractivity contribution in [1.82, 2.24) is 25.5 Å². The number of hydrogen-bond acceptors (Lipinski definition) is 7. The number of hydrogen-bond donors (Lipinski definition) is 2. The number of carbonyl (C=O) groups is 2. The number of aromatic nitrogens is 4. The number of alkyl carbamates (subject to hydrolysis) is 1. The van der Waals surface area contributed by atoms with Gasteiger partial charge in [-0.2, -0.15) is 4.80 Å². The maximum Gasteiger partial charge on any atom is 0.408 e. The molecule has 0 atom stereocenters. The first-order valence-corrected chi connectivity index (χ1v) is 5.75. The number of ketones is 1. The van der Waals surface area contributed by atoms with Gasteiger partial charge >= 0.3 is 6.09 Å². The van der Waals surface area contributed by atoms with E-state index in [0.717, 1.165) is 4.80 Å². The van der Waals surface area contributed by atoms with Gasteiger partial charge in [0.05, 0.1) is 13.1 Å². The van der Waals surface area contributed by atoms with Gasteiger partial charge in [0.15, 0.2) is 11.6 Å². The normalized spacial score (nSPS) is 11.2. The lowest BCUT2D eigenvalue weighted by molar-refractivity contribution is -0.118. The van der Waals surface area contributed by atoms with Crippen molar-refractivity contribution >= 4 is 11.9 Å². The van der Waals surface area contributed by atoms with Gasteiger partial charge in [-0.3, -0.25) is 4.79 Å². The number of amides is 1. The Morgan fingerprint density at radius 1 is 1.42 bits per heavy atom. The number of nitrogens with zero attached hydrogens (tertiary/aromatic N) is 4. The topological polar surface area (TPSA) is 125 Å². The third-order valence-corrected chi connectivity index (χ3v) is 1.83. The molecule has 3 N–H and O–H groups in total. The van der Waals surface area contributed by atoms with E-state index in [0.29, 0.717) is 0 Å². The fourth-order valence-corrected chi connectivity index (χ4v) is 1.10. The van der Waals surface area contributed by atoms with Gasteiger partial charge in [0.25, 0.3) is 0 Å². The quantitative estimate of drug-likeness (QED) is 0.719. The van der Waals surface area contributed by atoms with Crippen LogP contribution in [0.2, 0.25) is 0 Å². The van der Waals surface area contributed by atoms with Gasteiger partial charge in [-0.1, -0.05) is 0 Å². The second-order valence-electron chi connectivity index (χ2n) is 4.83. The van der Waals surface area contributed by atoms with Crippen LogP contribution < -0.4 is 11.1 Å². The highest BCUT2D eigenvalue weighted by Gasteiger charge is 2.16. The molecule has 9 nitrogen and oxygen atoms in total. The van der Waals surface area contributed by atoms with Gasteiger partial charge in [-0.15, -0.1) is 10.2 Å². The lowest BCUT2D eigenvalue weighted by Crippen LogP contribution is -2.32. The van der Waals surface area contributed by atoms with Crippen LogP contribution in [-0.4, -0.2) is 44.2 Å². The van der Waals surface area contributed by atoms with Gasteiger partial charge in [-0.25, -0.2) is 4.79 Å². The molecule has 1 aromatic heterocycles. The van der Waals surface area contributed by atoms with E-state index in [1.54, 1.807) is 20.8 Å². The Balaban J connectivity index is 2.42. The number of carbonyl (C=O) groups excluding carboxylic acids is 2. The molecule has 0 spiro atoms. The van der Waals surface area contributed by atoms with E-state index in [9.17, 15) is 9.59 Å². The summed E-state index contributed by atoms with van der Waals surface area (Å²) in [6.45, 7) is 5.26. The van der Waals surface area contributed by atoms with E-state index in [1.165, 1.54) is 0 Å². The molecule has 19 heavy (non-hydrogen) atoms. The van der Waals surface area contributed by atoms with Crippen LogP contribution in [-0.2, 0) is 22.6 Å². The maximum absolute atomic E-state index is 11.4. The summed E-state index contributed by atoms with van der Waals surface area (Å²) in [5, 5.41) is 13.8. The fraction of sp³-hybridized carbons (Fsp3) is 0.700. The van der Waals surface area contributed by atoms with E-state index < -0.39 is 11.7 Å². The highest BCUT2D eigenvalue weighted by Crippen LogP contribution is 2.06. The van der Waals surface area contributed by atoms with E-state index >= 15 is 0 Å². The van der Waals surface area contributed by atoms with Gasteiger partial charge in [0, 0.05) is 0 Å². The van der Waals surface area contributed by atoms with Crippen molar-refractivity contribution in [1.29, 1.82) is 0 Å². The first-order chi connectivity index (χ1) is 8.80. The van der Waals surface area contributed by atoms with Crippen LogP contribution in [0.4, 0.5) is 4.79 Å². The summed E-state index contributed by atoms with van der Waals surface area (Å²) < 4.78 is 5.04. The van der Waals surface area contributed by atoms with Crippen molar-refractivity contribution in [3.8, 4) is 0 Å². The Hall–Kier alpha value is -2.03. The van der Waals surface area contributed by atoms with Gasteiger partial charge in [0.1, 0.15) is 12.1 Å². The molecule has 0 radical (unpaired) electrons. The number of rotatable bonds is 5. The Bertz CT molecular complexity index is 450. The summed E-state index contributed by atoms with van der Waals surface area (Å²) >= 11 is 0. The SMILES string of the molecule is CC(C)(C)OC(=O)NCc1nnn(CC(=O)CN)n1. The number of tetrazole rings is 1. The monoisotopic (exact) mass is 270 g/mol. The molecular formula is C10H18N6O3. The summed E-state index contributed by atoms with van der Waals surface area (Å²) in [6, 6.07) is 0. The van der Waals surface area contributed by atoms with Crippen LogP contribution in [0.3, 0.4) is 0 Å². The van der Waals surface area contributed by atoms with Crippen LogP contribution in [0, 0.1) is 0 Å². The molecule has 0 saturated heterocycles. The number of Topliss-reactive ketones (excluding diaryl/α,β-unsaturated/α-hetero) is 1. The fourth-order valence-electron chi connectivity index (χ4n) is 1.10. The van der Waals surface area contributed by atoms with Crippen molar-refractivity contribution in [3.63, 3.8) is 0 Å². The molecule has 1 amide bonds. The molecule has 1 aromatic rings. The number of nitrogens with one attached hydrogen (secondary N) is 1. The Morgan fingerprint density at radius 3 is 2.68 bits per heavy atom. The van der Waals surface area contributed by atoms with E-state index in [4.69, 9.17) is 10.5 Å². The van der Waals surface area contributed by atoms with Crippen LogP contribution >= 0.6 is 0 Å². The molecule has 0 saturated carbocycles. The van der Waals surface area contributed by atoms with Crippen molar-refractivity contribution in [3.05, 3.63) is 5.82 Å². The zero-order valence-electron chi connectivity index (χ0n) is 11.2. The number of nitrogens with two attached hydrogens (primary N) is 1. The summed E-state index contributed by atoms with van der Waals surface area (Å²) in [7, 11) is 0. The molecule has 9 heteroatoms. The molecule has 0 unspecified atom stereocenters. The average Bonchev–Trinajstić information content (AvgIpc) is 2.71. The minimum Gasteiger partial charge on any atom is -0.444 e. The molecule has 106 valence electrons. The van der Waals surface area contributed by atoms with Gasteiger partial charge < -0.3 is 15.8 Å². The van der Waals surface area contributed by atoms with Crippen LogP contribution in [0.15, 0.2) is 0 Å². The van der Waals surface area contributed by atoms with Crippen molar-refractivity contribution < 1.29 is 14.3 Å². The van der Waals surface area contributed by atoms with Crippen molar-refractivity contribution in [2.45, 2.75) is 39.5 Å². The first-order valence-electron chi connectivity index (χ1n) is 5.75. The Morgan fingerprint density at radius 2 is 2.11 bits per heavy atom. The van der Waals surface area contributed by atoms with E-state index in [1.807, 2.05) is 0 Å². The molecule has 0 aromatic carbocycles. The molecule has 0 bridgehead atoms. The molecule has 1 rings (SSSR count). The van der Waals surface area contributed by atoms with Crippen LogP contribution in [0.25, 0.3) is 0 Å². The molecule has 0 fully saturated rings. The Labute approximate surface area is 110 Å². The predicted octanol–water partition coefficient (Wildman–Crippen LogP) is -0.774. The third-order valence-electron chi connectivity index (χ3n) is 1.83. The van der Waals surface area contributed by atoms with Gasteiger partial charge in [-0.05, 0) is 26.0 Å². The summed E-state index contributed by atoms with van der Waals surface area (Å²) in [6.07, 6.45) is -0.568. The molecule has 1 heterocycles. The minimum absolute atomic E-state index is 0.0318. The molecular weight excluding hydrogens is 252 g/mol. The first kappa shape index (κ1) is 15.0. The van der Waals surface area contributed by atoms with E-state index in [2.05, 4.69) is 20.7 Å². The maximum atomic E-state index is 11.4. The van der Waals surface area contributed by atoms with E-state index in [-0.39, 0.29) is 31.2 Å². The van der Waals surface area contributed by atoms with Crippen LogP contribution in [0.5, 0.6) is 0 Å². The van der Waals surface area contributed by atoms with Crippen LogP contribution in [0.1, 0.15) is 26.6 Å². The molecule has 0 aliphatic carbocycles. The largest absolute Gasteiger partial charge is 0.444 e. The Kier molecular flexibility index (Phi) is 4.93. The lowest BCUT2D eigenvalue weighted by Gasteiger charge is -2.19. The highest BCUT2D eigenvalue weighted by atomic mass is 16.6. The van der Waals surface area contributed by atoms with Crippen molar-refractivity contribution in [2.75, 3.05) is 6.54 Å². The molecule has 0 aliphatic heterocycles. The summed E-state index contributed by atoms with van der Waals surface area (Å²) in [5.41, 5.74) is 4.60. The van der Waals surface area contributed by atoms with Crippen molar-refractivity contribution in [2.24, 2.45) is 5.73 Å². The predicted molar refractivity (Wildman–Crippen MR) is 65.0 cm³/mol. The highest BCUT2D eigenvalue weighted by molar-refractivity contribution is 5.79. The smallest absolute Gasteiger partial charge is 0.408 e. The lowest BCUT2D eigenvalue weighted by atomic mass is 10.2.